The number of nitrogens with zero attached hydrogens (tertiary/aromatic N) is 1. The highest BCUT2D eigenvalue weighted by atomic mass is 32.1. The maximum Gasteiger partial charge on any atom is 0.338 e. The van der Waals surface area contributed by atoms with Crippen molar-refractivity contribution in [3.8, 4) is 21.8 Å². The first kappa shape index (κ1) is 15.4. The SMILES string of the molecule is CCOC(=O)c1ccc(-c2nc(-c3ccccc3)c(C)s2)cc1. The summed E-state index contributed by atoms with van der Waals surface area (Å²) in [5, 5.41) is 0.955. The number of esters is 1. The molecule has 0 saturated carbocycles. The topological polar surface area (TPSA) is 39.2 Å². The summed E-state index contributed by atoms with van der Waals surface area (Å²) in [6.07, 6.45) is 0. The molecule has 0 aliphatic heterocycles. The van der Waals surface area contributed by atoms with Gasteiger partial charge in [0.2, 0.25) is 0 Å². The summed E-state index contributed by atoms with van der Waals surface area (Å²) in [4.78, 5) is 17.6. The van der Waals surface area contributed by atoms with E-state index >= 15 is 0 Å². The van der Waals surface area contributed by atoms with Crippen molar-refractivity contribution < 1.29 is 9.53 Å². The van der Waals surface area contributed by atoms with E-state index in [0.29, 0.717) is 12.2 Å². The highest BCUT2D eigenvalue weighted by Gasteiger charge is 2.12. The van der Waals surface area contributed by atoms with Gasteiger partial charge < -0.3 is 4.74 Å². The molecular formula is C19H17NO2S. The number of hydrogen-bond acceptors (Lipinski definition) is 4. The molecule has 3 rings (SSSR count). The summed E-state index contributed by atoms with van der Waals surface area (Å²) in [7, 11) is 0. The number of thiazole rings is 1. The fraction of sp³-hybridized carbons (Fsp3) is 0.158. The number of aryl methyl sites for hydroxylation is 1. The van der Waals surface area contributed by atoms with Gasteiger partial charge in [0.1, 0.15) is 5.01 Å². The molecule has 0 bridgehead atoms. The largest absolute Gasteiger partial charge is 0.462 e. The number of benzene rings is 2. The molecule has 4 heteroatoms. The molecule has 3 aromatic rings. The molecule has 0 aliphatic rings. The van der Waals surface area contributed by atoms with E-state index in [9.17, 15) is 4.79 Å². The minimum Gasteiger partial charge on any atom is -0.462 e. The molecule has 2 aromatic carbocycles. The van der Waals surface area contributed by atoms with Crippen molar-refractivity contribution in [2.45, 2.75) is 13.8 Å². The number of carbonyl (C=O) groups excluding carboxylic acids is 1. The molecule has 23 heavy (non-hydrogen) atoms. The zero-order chi connectivity index (χ0) is 16.2. The van der Waals surface area contributed by atoms with Crippen LogP contribution in [0.25, 0.3) is 21.8 Å². The van der Waals surface area contributed by atoms with Crippen LogP contribution in [0.15, 0.2) is 54.6 Å². The lowest BCUT2D eigenvalue weighted by molar-refractivity contribution is 0.0526. The fourth-order valence-corrected chi connectivity index (χ4v) is 3.29. The number of rotatable bonds is 4. The summed E-state index contributed by atoms with van der Waals surface area (Å²) >= 11 is 1.66. The van der Waals surface area contributed by atoms with Crippen LogP contribution >= 0.6 is 11.3 Å². The van der Waals surface area contributed by atoms with E-state index in [1.165, 1.54) is 4.88 Å². The molecule has 0 atom stereocenters. The van der Waals surface area contributed by atoms with Crippen LogP contribution in [0.2, 0.25) is 0 Å². The van der Waals surface area contributed by atoms with Crippen LogP contribution < -0.4 is 0 Å². The molecule has 116 valence electrons. The second-order valence-corrected chi connectivity index (χ2v) is 6.29. The normalized spacial score (nSPS) is 10.5. The van der Waals surface area contributed by atoms with Crippen LogP contribution in [-0.2, 0) is 4.74 Å². The summed E-state index contributed by atoms with van der Waals surface area (Å²) in [5.41, 5.74) is 3.70. The fourth-order valence-electron chi connectivity index (χ4n) is 2.35. The Kier molecular flexibility index (Phi) is 4.53. The van der Waals surface area contributed by atoms with Crippen molar-refractivity contribution in [1.82, 2.24) is 4.98 Å². The van der Waals surface area contributed by atoms with Gasteiger partial charge in [-0.2, -0.15) is 0 Å². The van der Waals surface area contributed by atoms with Crippen LogP contribution in [-0.4, -0.2) is 17.6 Å². The Morgan fingerprint density at radius 3 is 2.39 bits per heavy atom. The second-order valence-electron chi connectivity index (χ2n) is 5.09. The maximum absolute atomic E-state index is 11.7. The number of aromatic nitrogens is 1. The van der Waals surface area contributed by atoms with Crippen LogP contribution in [0.4, 0.5) is 0 Å². The van der Waals surface area contributed by atoms with Gasteiger partial charge in [-0.05, 0) is 26.0 Å². The van der Waals surface area contributed by atoms with Crippen LogP contribution in [0.3, 0.4) is 0 Å². The highest BCUT2D eigenvalue weighted by Crippen LogP contribution is 2.33. The predicted molar refractivity (Wildman–Crippen MR) is 93.7 cm³/mol. The van der Waals surface area contributed by atoms with E-state index in [1.54, 1.807) is 30.4 Å². The van der Waals surface area contributed by atoms with Crippen LogP contribution in [0.1, 0.15) is 22.2 Å². The molecule has 3 nitrogen and oxygen atoms in total. The second kappa shape index (κ2) is 6.75. The molecule has 0 aliphatic carbocycles. The summed E-state index contributed by atoms with van der Waals surface area (Å²) in [6, 6.07) is 17.6. The van der Waals surface area contributed by atoms with Gasteiger partial charge in [-0.3, -0.25) is 0 Å². The Morgan fingerprint density at radius 2 is 1.74 bits per heavy atom. The van der Waals surface area contributed by atoms with Gasteiger partial charge in [0, 0.05) is 16.0 Å². The third-order valence-corrected chi connectivity index (χ3v) is 4.51. The summed E-state index contributed by atoms with van der Waals surface area (Å²) < 4.78 is 5.00. The first-order valence-electron chi connectivity index (χ1n) is 7.49. The zero-order valence-corrected chi connectivity index (χ0v) is 13.9. The van der Waals surface area contributed by atoms with Crippen molar-refractivity contribution in [3.63, 3.8) is 0 Å². The molecule has 0 unspecified atom stereocenters. The van der Waals surface area contributed by atoms with Crippen LogP contribution in [0.5, 0.6) is 0 Å². The Morgan fingerprint density at radius 1 is 1.04 bits per heavy atom. The monoisotopic (exact) mass is 323 g/mol. The summed E-state index contributed by atoms with van der Waals surface area (Å²) in [6.45, 7) is 4.26. The molecule has 1 aromatic heterocycles. The average Bonchev–Trinajstić information content (AvgIpc) is 2.98. The molecular weight excluding hydrogens is 306 g/mol. The minimum atomic E-state index is -0.292. The van der Waals surface area contributed by atoms with Gasteiger partial charge in [0.05, 0.1) is 17.9 Å². The lowest BCUT2D eigenvalue weighted by Crippen LogP contribution is -2.03. The highest BCUT2D eigenvalue weighted by molar-refractivity contribution is 7.15. The van der Waals surface area contributed by atoms with E-state index in [0.717, 1.165) is 21.8 Å². The molecule has 1 heterocycles. The maximum atomic E-state index is 11.7. The van der Waals surface area contributed by atoms with E-state index in [4.69, 9.17) is 9.72 Å². The third kappa shape index (κ3) is 3.32. The third-order valence-electron chi connectivity index (χ3n) is 3.49. The quantitative estimate of drug-likeness (QED) is 0.637. The smallest absolute Gasteiger partial charge is 0.338 e. The molecule has 0 fully saturated rings. The molecule has 0 N–H and O–H groups in total. The van der Waals surface area contributed by atoms with Crippen molar-refractivity contribution in [3.05, 3.63) is 65.0 Å². The van der Waals surface area contributed by atoms with E-state index in [2.05, 4.69) is 19.1 Å². The number of hydrogen-bond donors (Lipinski definition) is 0. The lowest BCUT2D eigenvalue weighted by atomic mass is 10.1. The van der Waals surface area contributed by atoms with E-state index in [-0.39, 0.29) is 5.97 Å². The molecule has 0 radical (unpaired) electrons. The van der Waals surface area contributed by atoms with E-state index in [1.807, 2.05) is 30.3 Å². The van der Waals surface area contributed by atoms with Gasteiger partial charge in [-0.1, -0.05) is 42.5 Å². The molecule has 0 spiro atoms. The van der Waals surface area contributed by atoms with Gasteiger partial charge in [-0.15, -0.1) is 11.3 Å². The predicted octanol–water partition coefficient (Wildman–Crippen LogP) is 4.96. The number of ether oxygens (including phenoxy) is 1. The minimum absolute atomic E-state index is 0.292. The van der Waals surface area contributed by atoms with Gasteiger partial charge in [-0.25, -0.2) is 9.78 Å². The first-order chi connectivity index (χ1) is 11.2. The van der Waals surface area contributed by atoms with Crippen LogP contribution in [0, 0.1) is 6.92 Å². The Bertz CT molecular complexity index is 807. The molecule has 0 amide bonds. The first-order valence-corrected chi connectivity index (χ1v) is 8.31. The lowest BCUT2D eigenvalue weighted by Gasteiger charge is -2.02. The van der Waals surface area contributed by atoms with Crippen molar-refractivity contribution >= 4 is 17.3 Å². The van der Waals surface area contributed by atoms with Crippen molar-refractivity contribution in [1.29, 1.82) is 0 Å². The van der Waals surface area contributed by atoms with Gasteiger partial charge in [0.15, 0.2) is 0 Å². The van der Waals surface area contributed by atoms with Crippen molar-refractivity contribution in [2.75, 3.05) is 6.61 Å². The van der Waals surface area contributed by atoms with E-state index < -0.39 is 0 Å². The van der Waals surface area contributed by atoms with Crippen molar-refractivity contribution in [2.24, 2.45) is 0 Å². The molecule has 0 saturated heterocycles. The van der Waals surface area contributed by atoms with Gasteiger partial charge >= 0.3 is 5.97 Å². The zero-order valence-electron chi connectivity index (χ0n) is 13.1. The number of carbonyl (C=O) groups is 1. The Labute approximate surface area is 139 Å². The summed E-state index contributed by atoms with van der Waals surface area (Å²) in [5.74, 6) is -0.292. The Balaban J connectivity index is 1.90. The average molecular weight is 323 g/mol. The standard InChI is InChI=1S/C19H17NO2S/c1-3-22-19(21)16-11-9-15(10-12-16)18-20-17(13(2)23-18)14-7-5-4-6-8-14/h4-12H,3H2,1-2H3. The Hall–Kier alpha value is -2.46. The van der Waals surface area contributed by atoms with Gasteiger partial charge in [0.25, 0.3) is 0 Å².